The van der Waals surface area contributed by atoms with E-state index >= 15 is 0 Å². The largest absolute Gasteiger partial charge is 0.368 e. The molecule has 2 fully saturated rings. The van der Waals surface area contributed by atoms with Crippen molar-refractivity contribution in [1.29, 1.82) is 0 Å². The molecule has 0 aliphatic carbocycles. The Hall–Kier alpha value is -2.99. The number of carbonyl (C=O) groups excluding carboxylic acids is 3. The molecule has 156 valence electrons. The molecule has 2 aliphatic rings. The molecular formula is C24H26N2O4. The van der Waals surface area contributed by atoms with Gasteiger partial charge in [-0.15, -0.1) is 0 Å². The molecule has 6 heteroatoms. The first-order valence-corrected chi connectivity index (χ1v) is 10.4. The van der Waals surface area contributed by atoms with Crippen LogP contribution >= 0.6 is 0 Å². The zero-order valence-electron chi connectivity index (χ0n) is 16.8. The van der Waals surface area contributed by atoms with E-state index in [1.54, 1.807) is 4.90 Å². The van der Waals surface area contributed by atoms with Crippen LogP contribution in [0.15, 0.2) is 60.7 Å². The molecule has 2 aromatic carbocycles. The Labute approximate surface area is 176 Å². The Morgan fingerprint density at radius 3 is 2.40 bits per heavy atom. The van der Waals surface area contributed by atoms with E-state index in [1.165, 1.54) is 0 Å². The highest BCUT2D eigenvalue weighted by Gasteiger charge is 2.47. The molecule has 0 bridgehead atoms. The van der Waals surface area contributed by atoms with Crippen LogP contribution in [0.2, 0.25) is 0 Å². The van der Waals surface area contributed by atoms with Gasteiger partial charge in [0, 0.05) is 19.4 Å². The van der Waals surface area contributed by atoms with Crippen LogP contribution in [-0.2, 0) is 32.0 Å². The van der Waals surface area contributed by atoms with Crippen LogP contribution in [0, 0.1) is 0 Å². The van der Waals surface area contributed by atoms with Gasteiger partial charge in [-0.1, -0.05) is 60.7 Å². The van der Waals surface area contributed by atoms with E-state index in [0.717, 1.165) is 11.1 Å². The number of ketones is 1. The molecule has 2 aromatic rings. The van der Waals surface area contributed by atoms with Crippen molar-refractivity contribution in [2.45, 2.75) is 43.9 Å². The number of nitrogens with one attached hydrogen (secondary N) is 1. The van der Waals surface area contributed by atoms with Gasteiger partial charge in [-0.05, 0) is 24.0 Å². The molecule has 0 radical (unpaired) electrons. The third-order valence-electron chi connectivity index (χ3n) is 5.79. The predicted octanol–water partition coefficient (Wildman–Crippen LogP) is 1.92. The molecule has 2 amide bonds. The number of Topliss-reactive ketones (excluding diaryl/α,β-unsaturated/α-hetero) is 1. The van der Waals surface area contributed by atoms with Crippen LogP contribution in [0.1, 0.15) is 24.0 Å². The van der Waals surface area contributed by atoms with Gasteiger partial charge in [-0.2, -0.15) is 0 Å². The zero-order chi connectivity index (χ0) is 20.9. The summed E-state index contributed by atoms with van der Waals surface area (Å²) in [6.07, 6.45) is 1.74. The molecule has 2 aliphatic heterocycles. The van der Waals surface area contributed by atoms with E-state index in [0.29, 0.717) is 32.2 Å². The molecule has 6 nitrogen and oxygen atoms in total. The highest BCUT2D eigenvalue weighted by Crippen LogP contribution is 2.27. The summed E-state index contributed by atoms with van der Waals surface area (Å²) in [5, 5.41) is 2.92. The monoisotopic (exact) mass is 406 g/mol. The van der Waals surface area contributed by atoms with Crippen molar-refractivity contribution in [1.82, 2.24) is 10.2 Å². The van der Waals surface area contributed by atoms with E-state index in [4.69, 9.17) is 4.74 Å². The van der Waals surface area contributed by atoms with Gasteiger partial charge in [0.05, 0.1) is 6.10 Å². The molecule has 0 aromatic heterocycles. The number of nitrogens with zero attached hydrogens (tertiary/aromatic N) is 1. The Morgan fingerprint density at radius 2 is 1.70 bits per heavy atom. The van der Waals surface area contributed by atoms with Crippen LogP contribution in [-0.4, -0.2) is 53.8 Å². The highest BCUT2D eigenvalue weighted by atomic mass is 16.5. The fourth-order valence-corrected chi connectivity index (χ4v) is 4.26. The van der Waals surface area contributed by atoms with Gasteiger partial charge < -0.3 is 15.0 Å². The quantitative estimate of drug-likeness (QED) is 0.762. The number of amides is 2. The fourth-order valence-electron chi connectivity index (χ4n) is 4.26. The minimum atomic E-state index is -0.706. The molecule has 2 saturated heterocycles. The summed E-state index contributed by atoms with van der Waals surface area (Å²) in [4.78, 5) is 39.8. The van der Waals surface area contributed by atoms with Crippen molar-refractivity contribution >= 4 is 17.6 Å². The van der Waals surface area contributed by atoms with Gasteiger partial charge in [0.25, 0.3) is 0 Å². The molecule has 30 heavy (non-hydrogen) atoms. The maximum atomic E-state index is 13.4. The third kappa shape index (κ3) is 4.60. The Balaban J connectivity index is 1.45. The van der Waals surface area contributed by atoms with E-state index < -0.39 is 12.1 Å². The lowest BCUT2D eigenvalue weighted by Crippen LogP contribution is -2.53. The van der Waals surface area contributed by atoms with Crippen molar-refractivity contribution in [2.75, 3.05) is 13.2 Å². The number of aryl methyl sites for hydroxylation is 1. The molecule has 0 spiro atoms. The fraction of sp³-hybridized carbons (Fsp3) is 0.375. The molecule has 0 saturated carbocycles. The van der Waals surface area contributed by atoms with Crippen LogP contribution in [0.4, 0.5) is 0 Å². The lowest BCUT2D eigenvalue weighted by molar-refractivity contribution is -0.139. The normalized spacial score (nSPS) is 21.3. The van der Waals surface area contributed by atoms with Crippen LogP contribution in [0.3, 0.4) is 0 Å². The van der Waals surface area contributed by atoms with Gasteiger partial charge in [0.1, 0.15) is 18.7 Å². The number of rotatable bonds is 7. The predicted molar refractivity (Wildman–Crippen MR) is 112 cm³/mol. The van der Waals surface area contributed by atoms with Gasteiger partial charge in [0.2, 0.25) is 11.8 Å². The van der Waals surface area contributed by atoms with Crippen molar-refractivity contribution < 1.29 is 19.1 Å². The summed E-state index contributed by atoms with van der Waals surface area (Å²) in [5.41, 5.74) is 2.04. The number of fused-ring (bicyclic) bond motifs is 1. The second-order valence-electron chi connectivity index (χ2n) is 7.88. The summed E-state index contributed by atoms with van der Waals surface area (Å²) in [6, 6.07) is 18.2. The number of hydrogen-bond acceptors (Lipinski definition) is 4. The van der Waals surface area contributed by atoms with Crippen LogP contribution in [0.5, 0.6) is 0 Å². The van der Waals surface area contributed by atoms with E-state index in [2.05, 4.69) is 5.32 Å². The van der Waals surface area contributed by atoms with Gasteiger partial charge in [-0.25, -0.2) is 0 Å². The lowest BCUT2D eigenvalue weighted by atomic mass is 10.0. The number of likely N-dealkylation sites (tertiary alicyclic amines) is 1. The highest BCUT2D eigenvalue weighted by molar-refractivity contribution is 5.95. The van der Waals surface area contributed by atoms with Crippen LogP contribution < -0.4 is 5.32 Å². The average molecular weight is 406 g/mol. The van der Waals surface area contributed by atoms with Gasteiger partial charge >= 0.3 is 0 Å². The Kier molecular flexibility index (Phi) is 6.23. The summed E-state index contributed by atoms with van der Waals surface area (Å²) in [7, 11) is 0. The molecule has 4 rings (SSSR count). The summed E-state index contributed by atoms with van der Waals surface area (Å²) in [5.74, 6) is -0.434. The maximum Gasteiger partial charge on any atom is 0.246 e. The zero-order valence-corrected chi connectivity index (χ0v) is 16.8. The van der Waals surface area contributed by atoms with Crippen molar-refractivity contribution in [3.8, 4) is 0 Å². The SMILES string of the molecule is O=C(CCc1ccccc1)NC(Cc1ccccc1)C(=O)N1CCC2OCC(=O)C21. The minimum Gasteiger partial charge on any atom is -0.368 e. The first-order chi connectivity index (χ1) is 14.6. The van der Waals surface area contributed by atoms with Gasteiger partial charge in [-0.3, -0.25) is 14.4 Å². The Bertz CT molecular complexity index is 900. The number of carbonyl (C=O) groups is 3. The molecule has 2 heterocycles. The second-order valence-corrected chi connectivity index (χ2v) is 7.88. The number of ether oxygens (including phenoxy) is 1. The number of hydrogen-bond donors (Lipinski definition) is 1. The second kappa shape index (κ2) is 9.22. The Morgan fingerprint density at radius 1 is 1.03 bits per heavy atom. The minimum absolute atomic E-state index is 0.0558. The molecular weight excluding hydrogens is 380 g/mol. The molecule has 3 atom stereocenters. The molecule has 1 N–H and O–H groups in total. The van der Waals surface area contributed by atoms with E-state index in [-0.39, 0.29) is 30.3 Å². The number of benzene rings is 2. The van der Waals surface area contributed by atoms with Crippen molar-refractivity contribution in [3.05, 3.63) is 71.8 Å². The average Bonchev–Trinajstić information content (AvgIpc) is 3.36. The maximum absolute atomic E-state index is 13.4. The first kappa shape index (κ1) is 20.3. The topological polar surface area (TPSA) is 75.7 Å². The summed E-state index contributed by atoms with van der Waals surface area (Å²) < 4.78 is 5.51. The smallest absolute Gasteiger partial charge is 0.246 e. The van der Waals surface area contributed by atoms with Crippen molar-refractivity contribution in [3.63, 3.8) is 0 Å². The summed E-state index contributed by atoms with van der Waals surface area (Å²) >= 11 is 0. The van der Waals surface area contributed by atoms with E-state index in [1.807, 2.05) is 60.7 Å². The van der Waals surface area contributed by atoms with Crippen molar-refractivity contribution in [2.24, 2.45) is 0 Å². The van der Waals surface area contributed by atoms with Crippen LogP contribution in [0.25, 0.3) is 0 Å². The van der Waals surface area contributed by atoms with E-state index in [9.17, 15) is 14.4 Å². The van der Waals surface area contributed by atoms with Gasteiger partial charge in [0.15, 0.2) is 5.78 Å². The standard InChI is InChI=1S/C24H26N2O4/c27-20-16-30-21-13-14-26(23(20)21)24(29)19(15-18-9-5-2-6-10-18)25-22(28)12-11-17-7-3-1-4-8-17/h1-10,19,21,23H,11-16H2,(H,25,28). The summed E-state index contributed by atoms with van der Waals surface area (Å²) in [6.45, 7) is 0.539. The third-order valence-corrected chi connectivity index (χ3v) is 5.79. The molecule has 3 unspecified atom stereocenters. The lowest BCUT2D eigenvalue weighted by Gasteiger charge is -2.27. The first-order valence-electron chi connectivity index (χ1n) is 10.4.